The molecule has 96 valence electrons. The number of aliphatic hydroxyl groups excluding tert-OH is 1. The lowest BCUT2D eigenvalue weighted by Gasteiger charge is -2.22. The molecule has 6 heteroatoms. The van der Waals surface area contributed by atoms with Crippen molar-refractivity contribution in [2.45, 2.75) is 39.3 Å². The van der Waals surface area contributed by atoms with E-state index in [0.717, 1.165) is 5.69 Å². The number of nitrogens with zero attached hydrogens (tertiary/aromatic N) is 1. The minimum Gasteiger partial charge on any atom is -0.444 e. The van der Waals surface area contributed by atoms with Crippen molar-refractivity contribution in [1.29, 1.82) is 0 Å². The van der Waals surface area contributed by atoms with Crippen molar-refractivity contribution in [3.8, 4) is 0 Å². The smallest absolute Gasteiger partial charge is 0.408 e. The highest BCUT2D eigenvalue weighted by atomic mass is 16.6. The number of carbonyl (C=O) groups is 1. The third kappa shape index (κ3) is 4.44. The SMILES string of the molecule is Cc1cnc(C(CO)NC(=O)OC(C)(C)C)[nH]1. The molecule has 0 spiro atoms. The van der Waals surface area contributed by atoms with Crippen LogP contribution >= 0.6 is 0 Å². The van der Waals surface area contributed by atoms with E-state index in [1.807, 2.05) is 6.92 Å². The van der Waals surface area contributed by atoms with Crippen LogP contribution in [-0.2, 0) is 4.74 Å². The van der Waals surface area contributed by atoms with Crippen molar-refractivity contribution in [1.82, 2.24) is 15.3 Å². The predicted molar refractivity (Wildman–Crippen MR) is 62.5 cm³/mol. The molecule has 1 rings (SSSR count). The molecule has 0 aliphatic carbocycles. The molecule has 0 aliphatic rings. The zero-order chi connectivity index (χ0) is 13.1. The number of alkyl carbamates (subject to hydrolysis) is 1. The Kier molecular flexibility index (Phi) is 4.11. The summed E-state index contributed by atoms with van der Waals surface area (Å²) in [5.41, 5.74) is 0.299. The number of ether oxygens (including phenoxy) is 1. The van der Waals surface area contributed by atoms with Gasteiger partial charge in [0.1, 0.15) is 17.5 Å². The van der Waals surface area contributed by atoms with Gasteiger partial charge >= 0.3 is 6.09 Å². The number of imidazole rings is 1. The number of amides is 1. The Morgan fingerprint density at radius 2 is 2.29 bits per heavy atom. The summed E-state index contributed by atoms with van der Waals surface area (Å²) in [6.07, 6.45) is 1.06. The summed E-state index contributed by atoms with van der Waals surface area (Å²) in [4.78, 5) is 18.5. The van der Waals surface area contributed by atoms with E-state index in [9.17, 15) is 9.90 Å². The lowest BCUT2D eigenvalue weighted by Crippen LogP contribution is -2.36. The van der Waals surface area contributed by atoms with Gasteiger partial charge in [-0.2, -0.15) is 0 Å². The van der Waals surface area contributed by atoms with Crippen molar-refractivity contribution in [2.24, 2.45) is 0 Å². The van der Waals surface area contributed by atoms with Gasteiger partial charge in [-0.25, -0.2) is 9.78 Å². The highest BCUT2D eigenvalue weighted by Crippen LogP contribution is 2.11. The summed E-state index contributed by atoms with van der Waals surface area (Å²) in [6.45, 7) is 6.93. The van der Waals surface area contributed by atoms with Crippen LogP contribution in [-0.4, -0.2) is 33.4 Å². The second-order valence-electron chi connectivity index (χ2n) is 4.83. The summed E-state index contributed by atoms with van der Waals surface area (Å²) < 4.78 is 5.10. The average Bonchev–Trinajstić information content (AvgIpc) is 2.58. The lowest BCUT2D eigenvalue weighted by atomic mass is 10.2. The first-order chi connectivity index (χ1) is 7.81. The molecule has 0 bridgehead atoms. The van der Waals surface area contributed by atoms with Gasteiger partial charge in [-0.3, -0.25) is 0 Å². The second-order valence-corrected chi connectivity index (χ2v) is 4.83. The normalized spacial score (nSPS) is 13.2. The first-order valence-electron chi connectivity index (χ1n) is 5.43. The molecule has 0 aromatic carbocycles. The molecule has 0 radical (unpaired) electrons. The number of H-pyrrole nitrogens is 1. The zero-order valence-electron chi connectivity index (χ0n) is 10.6. The van der Waals surface area contributed by atoms with Crippen molar-refractivity contribution < 1.29 is 14.6 Å². The van der Waals surface area contributed by atoms with E-state index in [1.165, 1.54) is 0 Å². The minimum atomic E-state index is -0.585. The van der Waals surface area contributed by atoms with Gasteiger partial charge in [0, 0.05) is 11.9 Å². The number of rotatable bonds is 3. The van der Waals surface area contributed by atoms with E-state index in [-0.39, 0.29) is 6.61 Å². The number of carbonyl (C=O) groups excluding carboxylic acids is 1. The molecule has 6 nitrogen and oxygen atoms in total. The average molecular weight is 241 g/mol. The fourth-order valence-electron chi connectivity index (χ4n) is 1.26. The van der Waals surface area contributed by atoms with Crippen LogP contribution in [0.1, 0.15) is 38.3 Å². The summed E-state index contributed by atoms with van der Waals surface area (Å²) >= 11 is 0. The summed E-state index contributed by atoms with van der Waals surface area (Å²) in [7, 11) is 0. The number of hydrogen-bond acceptors (Lipinski definition) is 4. The Morgan fingerprint density at radius 3 is 2.71 bits per heavy atom. The molecule has 0 fully saturated rings. The first kappa shape index (κ1) is 13.5. The van der Waals surface area contributed by atoms with E-state index in [2.05, 4.69) is 15.3 Å². The van der Waals surface area contributed by atoms with Crippen LogP contribution in [0.5, 0.6) is 0 Å². The maximum absolute atomic E-state index is 11.5. The van der Waals surface area contributed by atoms with E-state index in [1.54, 1.807) is 27.0 Å². The third-order valence-electron chi connectivity index (χ3n) is 1.93. The number of aromatic amines is 1. The van der Waals surface area contributed by atoms with Gasteiger partial charge < -0.3 is 20.1 Å². The number of aliphatic hydroxyl groups is 1. The van der Waals surface area contributed by atoms with Crippen LogP contribution in [0, 0.1) is 6.92 Å². The number of aromatic nitrogens is 2. The van der Waals surface area contributed by atoms with Crippen LogP contribution < -0.4 is 5.32 Å². The topological polar surface area (TPSA) is 87.2 Å². The van der Waals surface area contributed by atoms with Gasteiger partial charge in [0.05, 0.1) is 6.61 Å². The van der Waals surface area contributed by atoms with Crippen LogP contribution in [0.25, 0.3) is 0 Å². The Hall–Kier alpha value is -1.56. The van der Waals surface area contributed by atoms with Gasteiger partial charge in [-0.1, -0.05) is 0 Å². The summed E-state index contributed by atoms with van der Waals surface area (Å²) in [5.74, 6) is 0.510. The molecule has 1 unspecified atom stereocenters. The maximum Gasteiger partial charge on any atom is 0.408 e. The second kappa shape index (κ2) is 5.18. The number of nitrogens with one attached hydrogen (secondary N) is 2. The molecule has 0 aliphatic heterocycles. The Bertz CT molecular complexity index is 382. The zero-order valence-corrected chi connectivity index (χ0v) is 10.6. The van der Waals surface area contributed by atoms with E-state index >= 15 is 0 Å². The molecule has 3 N–H and O–H groups in total. The molecule has 1 atom stereocenters. The molecule has 1 aromatic rings. The third-order valence-corrected chi connectivity index (χ3v) is 1.93. The quantitative estimate of drug-likeness (QED) is 0.743. The van der Waals surface area contributed by atoms with Crippen LogP contribution in [0.4, 0.5) is 4.79 Å². The Morgan fingerprint density at radius 1 is 1.65 bits per heavy atom. The van der Waals surface area contributed by atoms with E-state index in [4.69, 9.17) is 4.74 Å². The van der Waals surface area contributed by atoms with Gasteiger partial charge in [0.2, 0.25) is 0 Å². The van der Waals surface area contributed by atoms with Crippen molar-refractivity contribution in [3.05, 3.63) is 17.7 Å². The van der Waals surface area contributed by atoms with Crippen LogP contribution in [0.2, 0.25) is 0 Å². The van der Waals surface area contributed by atoms with Gasteiger partial charge in [-0.05, 0) is 27.7 Å². The maximum atomic E-state index is 11.5. The van der Waals surface area contributed by atoms with Crippen LogP contribution in [0.15, 0.2) is 6.20 Å². The predicted octanol–water partition coefficient (Wildman–Crippen LogP) is 1.28. The molecule has 1 aromatic heterocycles. The molecule has 0 saturated carbocycles. The van der Waals surface area contributed by atoms with Crippen LogP contribution in [0.3, 0.4) is 0 Å². The van der Waals surface area contributed by atoms with Crippen molar-refractivity contribution in [2.75, 3.05) is 6.61 Å². The summed E-state index contributed by atoms with van der Waals surface area (Å²) in [5, 5.41) is 11.8. The molecular formula is C11H19N3O3. The summed E-state index contributed by atoms with van der Waals surface area (Å²) in [6, 6.07) is -0.585. The largest absolute Gasteiger partial charge is 0.444 e. The monoisotopic (exact) mass is 241 g/mol. The standard InChI is InChI=1S/C11H19N3O3/c1-7-5-12-9(13-7)8(6-15)14-10(16)17-11(2,3)4/h5,8,15H,6H2,1-4H3,(H,12,13)(H,14,16). The lowest BCUT2D eigenvalue weighted by molar-refractivity contribution is 0.0478. The van der Waals surface area contributed by atoms with Gasteiger partial charge in [-0.15, -0.1) is 0 Å². The van der Waals surface area contributed by atoms with E-state index < -0.39 is 17.7 Å². The highest BCUT2D eigenvalue weighted by molar-refractivity contribution is 5.68. The molecule has 1 amide bonds. The molecule has 0 saturated heterocycles. The molecule has 17 heavy (non-hydrogen) atoms. The van der Waals surface area contributed by atoms with Crippen molar-refractivity contribution >= 4 is 6.09 Å². The fraction of sp³-hybridized carbons (Fsp3) is 0.636. The number of aryl methyl sites for hydroxylation is 1. The van der Waals surface area contributed by atoms with E-state index in [0.29, 0.717) is 5.82 Å². The van der Waals surface area contributed by atoms with Gasteiger partial charge in [0.25, 0.3) is 0 Å². The molecule has 1 heterocycles. The Balaban J connectivity index is 2.62. The van der Waals surface area contributed by atoms with Crippen molar-refractivity contribution in [3.63, 3.8) is 0 Å². The fourth-order valence-corrected chi connectivity index (χ4v) is 1.26. The number of hydrogen-bond donors (Lipinski definition) is 3. The molecular weight excluding hydrogens is 222 g/mol. The van der Waals surface area contributed by atoms with Gasteiger partial charge in [0.15, 0.2) is 0 Å². The Labute approximate surface area is 100 Å². The minimum absolute atomic E-state index is 0.244. The first-order valence-corrected chi connectivity index (χ1v) is 5.43. The highest BCUT2D eigenvalue weighted by Gasteiger charge is 2.21.